The Balaban J connectivity index is 1.96. The molecule has 0 amide bonds. The average molecular weight is 361 g/mol. The van der Waals surface area contributed by atoms with Crippen LogP contribution in [0.2, 0.25) is 0 Å². The zero-order chi connectivity index (χ0) is 17.9. The summed E-state index contributed by atoms with van der Waals surface area (Å²) >= 11 is 1.44. The van der Waals surface area contributed by atoms with Gasteiger partial charge in [-0.1, -0.05) is 60.4 Å². The largest absolute Gasteiger partial charge is 0.416 e. The Morgan fingerprint density at radius 3 is 2.52 bits per heavy atom. The molecule has 0 fully saturated rings. The van der Waals surface area contributed by atoms with E-state index in [0.29, 0.717) is 12.2 Å². The van der Waals surface area contributed by atoms with Gasteiger partial charge < -0.3 is 0 Å². The lowest BCUT2D eigenvalue weighted by Crippen LogP contribution is -2.35. The molecule has 0 aliphatic rings. The Hall–Kier alpha value is -2.60. The number of nitrogens with one attached hydrogen (secondary N) is 1. The molecule has 0 radical (unpaired) electrons. The summed E-state index contributed by atoms with van der Waals surface area (Å²) < 4.78 is 40.7. The van der Waals surface area contributed by atoms with E-state index in [1.807, 2.05) is 40.3 Å². The molecular formula is C19H16F3N2S+. The standard InChI is InChI=1S/C19H15F3N2S/c1-2-11-24-17(14-7-4-3-5-8-14)13-25-18(24)23-16-10-6-9-15(12-16)19(20,21)22/h2-10,12-13H,1,11H2/p+1. The van der Waals surface area contributed by atoms with E-state index in [1.165, 1.54) is 17.4 Å². The van der Waals surface area contributed by atoms with Gasteiger partial charge in [0.05, 0.1) is 5.56 Å². The SMILES string of the molecule is C=CC[n+]1c(-c2ccccc2)csc1Nc1cccc(C(F)(F)F)c1. The molecule has 0 atom stereocenters. The number of nitrogens with zero attached hydrogens (tertiary/aromatic N) is 1. The van der Waals surface area contributed by atoms with Crippen LogP contribution in [0.4, 0.5) is 24.0 Å². The minimum absolute atomic E-state index is 0.397. The summed E-state index contributed by atoms with van der Waals surface area (Å²) in [7, 11) is 0. The molecule has 3 aromatic rings. The zero-order valence-corrected chi connectivity index (χ0v) is 14.1. The predicted octanol–water partition coefficient (Wildman–Crippen LogP) is 5.65. The van der Waals surface area contributed by atoms with E-state index < -0.39 is 11.7 Å². The summed E-state index contributed by atoms with van der Waals surface area (Å²) in [5.41, 5.74) is 1.75. The molecule has 0 unspecified atom stereocenters. The molecule has 0 aliphatic carbocycles. The van der Waals surface area contributed by atoms with Gasteiger partial charge in [-0.3, -0.25) is 0 Å². The van der Waals surface area contributed by atoms with Gasteiger partial charge in [0.1, 0.15) is 17.9 Å². The molecule has 3 rings (SSSR count). The quantitative estimate of drug-likeness (QED) is 0.459. The van der Waals surface area contributed by atoms with Gasteiger partial charge in [0.2, 0.25) is 0 Å². The van der Waals surface area contributed by atoms with Crippen molar-refractivity contribution >= 4 is 22.2 Å². The van der Waals surface area contributed by atoms with E-state index in [-0.39, 0.29) is 0 Å². The first-order chi connectivity index (χ1) is 12.0. The second-order valence-corrected chi connectivity index (χ2v) is 6.25. The Morgan fingerprint density at radius 2 is 1.84 bits per heavy atom. The van der Waals surface area contributed by atoms with Gasteiger partial charge in [0.25, 0.3) is 0 Å². The molecule has 0 saturated carbocycles. The number of halogens is 3. The Morgan fingerprint density at radius 1 is 1.08 bits per heavy atom. The lowest BCUT2D eigenvalue weighted by atomic mass is 10.2. The second kappa shape index (κ2) is 7.11. The van der Waals surface area contributed by atoms with Gasteiger partial charge in [0, 0.05) is 10.9 Å². The second-order valence-electron chi connectivity index (χ2n) is 5.39. The van der Waals surface area contributed by atoms with Crippen LogP contribution in [0.15, 0.2) is 72.6 Å². The fourth-order valence-corrected chi connectivity index (χ4v) is 3.45. The molecule has 0 bridgehead atoms. The molecule has 6 heteroatoms. The zero-order valence-electron chi connectivity index (χ0n) is 13.3. The van der Waals surface area contributed by atoms with Crippen LogP contribution in [0.25, 0.3) is 11.3 Å². The smallest absolute Gasteiger partial charge is 0.231 e. The third-order valence-electron chi connectivity index (χ3n) is 3.64. The summed E-state index contributed by atoms with van der Waals surface area (Å²) in [5.74, 6) is 0. The number of benzene rings is 2. The summed E-state index contributed by atoms with van der Waals surface area (Å²) in [6.07, 6.45) is -2.60. The van der Waals surface area contributed by atoms with Gasteiger partial charge >= 0.3 is 11.3 Å². The third kappa shape index (κ3) is 3.91. The fraction of sp³-hybridized carbons (Fsp3) is 0.105. The normalized spacial score (nSPS) is 11.3. The first kappa shape index (κ1) is 17.2. The molecule has 128 valence electrons. The molecule has 2 nitrogen and oxygen atoms in total. The number of hydrogen-bond acceptors (Lipinski definition) is 2. The van der Waals surface area contributed by atoms with Crippen LogP contribution in [-0.2, 0) is 12.7 Å². The number of alkyl halides is 3. The van der Waals surface area contributed by atoms with E-state index in [1.54, 1.807) is 12.1 Å². The van der Waals surface area contributed by atoms with Crippen molar-refractivity contribution in [2.24, 2.45) is 0 Å². The van der Waals surface area contributed by atoms with Crippen molar-refractivity contribution in [2.75, 3.05) is 5.32 Å². The number of hydrogen-bond donors (Lipinski definition) is 1. The molecule has 0 saturated heterocycles. The van der Waals surface area contributed by atoms with Crippen LogP contribution in [0.5, 0.6) is 0 Å². The monoisotopic (exact) mass is 361 g/mol. The predicted molar refractivity (Wildman–Crippen MR) is 94.9 cm³/mol. The van der Waals surface area contributed by atoms with Gasteiger partial charge in [-0.15, -0.1) is 0 Å². The van der Waals surface area contributed by atoms with Crippen molar-refractivity contribution in [3.8, 4) is 11.3 Å². The Bertz CT molecular complexity index is 870. The van der Waals surface area contributed by atoms with Gasteiger partial charge in [-0.25, -0.2) is 9.88 Å². The molecule has 1 aromatic heterocycles. The fourth-order valence-electron chi connectivity index (χ4n) is 2.49. The molecule has 0 spiro atoms. The molecule has 1 heterocycles. The van der Waals surface area contributed by atoms with E-state index in [0.717, 1.165) is 28.5 Å². The van der Waals surface area contributed by atoms with E-state index in [9.17, 15) is 13.2 Å². The van der Waals surface area contributed by atoms with Gasteiger partial charge in [-0.2, -0.15) is 13.2 Å². The van der Waals surface area contributed by atoms with Crippen molar-refractivity contribution in [3.63, 3.8) is 0 Å². The number of aromatic nitrogens is 1. The topological polar surface area (TPSA) is 15.9 Å². The highest BCUT2D eigenvalue weighted by molar-refractivity contribution is 7.13. The van der Waals surface area contributed by atoms with Gasteiger partial charge in [0.15, 0.2) is 0 Å². The number of allylic oxidation sites excluding steroid dienone is 1. The number of rotatable bonds is 5. The number of thiazole rings is 1. The van der Waals surface area contributed by atoms with E-state index >= 15 is 0 Å². The van der Waals surface area contributed by atoms with Crippen molar-refractivity contribution in [1.29, 1.82) is 0 Å². The van der Waals surface area contributed by atoms with E-state index in [2.05, 4.69) is 11.9 Å². The first-order valence-electron chi connectivity index (χ1n) is 7.61. The highest BCUT2D eigenvalue weighted by atomic mass is 32.1. The summed E-state index contributed by atoms with van der Waals surface area (Å²) in [5, 5.41) is 5.82. The van der Waals surface area contributed by atoms with Crippen LogP contribution >= 0.6 is 11.3 Å². The van der Waals surface area contributed by atoms with Crippen molar-refractivity contribution in [3.05, 3.63) is 78.2 Å². The first-order valence-corrected chi connectivity index (χ1v) is 8.49. The van der Waals surface area contributed by atoms with Crippen molar-refractivity contribution < 1.29 is 17.7 Å². The summed E-state index contributed by atoms with van der Waals surface area (Å²) in [6.45, 7) is 4.32. The third-order valence-corrected chi connectivity index (χ3v) is 4.53. The van der Waals surface area contributed by atoms with Crippen LogP contribution in [0.1, 0.15) is 5.56 Å². The minimum atomic E-state index is -4.36. The molecule has 2 aromatic carbocycles. The molecule has 0 aliphatic heterocycles. The lowest BCUT2D eigenvalue weighted by Gasteiger charge is -2.08. The van der Waals surface area contributed by atoms with Crippen LogP contribution in [0, 0.1) is 0 Å². The van der Waals surface area contributed by atoms with Crippen LogP contribution < -0.4 is 9.88 Å². The minimum Gasteiger partial charge on any atom is -0.231 e. The summed E-state index contributed by atoms with van der Waals surface area (Å²) in [4.78, 5) is 0. The average Bonchev–Trinajstić information content (AvgIpc) is 2.98. The maximum atomic E-state index is 12.9. The highest BCUT2D eigenvalue weighted by Crippen LogP contribution is 2.32. The van der Waals surface area contributed by atoms with Crippen LogP contribution in [-0.4, -0.2) is 0 Å². The van der Waals surface area contributed by atoms with E-state index in [4.69, 9.17) is 0 Å². The maximum absolute atomic E-state index is 12.9. The van der Waals surface area contributed by atoms with Crippen molar-refractivity contribution in [2.45, 2.75) is 12.7 Å². The Labute approximate surface area is 147 Å². The maximum Gasteiger partial charge on any atom is 0.416 e. The van der Waals surface area contributed by atoms with Crippen molar-refractivity contribution in [1.82, 2.24) is 0 Å². The lowest BCUT2D eigenvalue weighted by molar-refractivity contribution is -0.657. The summed E-state index contributed by atoms with van der Waals surface area (Å²) in [6, 6.07) is 15.0. The molecule has 25 heavy (non-hydrogen) atoms. The van der Waals surface area contributed by atoms with Gasteiger partial charge in [-0.05, 0) is 18.2 Å². The van der Waals surface area contributed by atoms with Crippen LogP contribution in [0.3, 0.4) is 0 Å². The Kier molecular flexibility index (Phi) is 4.90. The molecular weight excluding hydrogens is 345 g/mol. The molecule has 1 N–H and O–H groups in total. The number of anilines is 2. The highest BCUT2D eigenvalue weighted by Gasteiger charge is 2.31.